The van der Waals surface area contributed by atoms with Gasteiger partial charge < -0.3 is 5.32 Å². The van der Waals surface area contributed by atoms with E-state index in [1.54, 1.807) is 6.07 Å². The number of halogens is 1. The smallest absolute Gasteiger partial charge is 0.278 e. The second-order valence-electron chi connectivity index (χ2n) is 5.53. The average molecular weight is 417 g/mol. The lowest BCUT2D eigenvalue weighted by molar-refractivity contribution is -0.385. The molecule has 3 rings (SSSR count). The van der Waals surface area contributed by atoms with Gasteiger partial charge >= 0.3 is 0 Å². The van der Waals surface area contributed by atoms with Crippen molar-refractivity contribution in [1.82, 2.24) is 10.7 Å². The van der Waals surface area contributed by atoms with E-state index in [2.05, 4.69) is 15.8 Å². The lowest BCUT2D eigenvalue weighted by Crippen LogP contribution is -2.34. The predicted molar refractivity (Wildman–Crippen MR) is 108 cm³/mol. The number of thiophene rings is 1. The summed E-state index contributed by atoms with van der Waals surface area (Å²) in [6.45, 7) is -0.322. The van der Waals surface area contributed by atoms with Gasteiger partial charge in [0.25, 0.3) is 17.5 Å². The van der Waals surface area contributed by atoms with Crippen LogP contribution in [-0.2, 0) is 4.79 Å². The summed E-state index contributed by atoms with van der Waals surface area (Å²) in [7, 11) is 0. The van der Waals surface area contributed by atoms with Crippen molar-refractivity contribution in [2.24, 2.45) is 5.10 Å². The van der Waals surface area contributed by atoms with Crippen LogP contribution in [0.15, 0.2) is 53.6 Å². The Bertz CT molecular complexity index is 1100. The number of carbonyl (C=O) groups excluding carboxylic acids is 2. The third-order valence-corrected chi connectivity index (χ3v) is 5.35. The van der Waals surface area contributed by atoms with Gasteiger partial charge in [0.15, 0.2) is 0 Å². The van der Waals surface area contributed by atoms with Gasteiger partial charge in [-0.05, 0) is 12.1 Å². The zero-order chi connectivity index (χ0) is 20.1. The van der Waals surface area contributed by atoms with Crippen LogP contribution in [0.25, 0.3) is 10.1 Å². The van der Waals surface area contributed by atoms with Crippen LogP contribution in [0.2, 0.25) is 5.02 Å². The van der Waals surface area contributed by atoms with Gasteiger partial charge in [0.1, 0.15) is 4.88 Å². The van der Waals surface area contributed by atoms with Crippen LogP contribution in [0, 0.1) is 10.1 Å². The summed E-state index contributed by atoms with van der Waals surface area (Å²) in [5, 5.41) is 18.2. The molecule has 0 saturated carbocycles. The van der Waals surface area contributed by atoms with Gasteiger partial charge in [0.05, 0.1) is 28.3 Å². The fourth-order valence-electron chi connectivity index (χ4n) is 2.38. The minimum absolute atomic E-state index is 0.131. The number of benzene rings is 2. The van der Waals surface area contributed by atoms with Crippen molar-refractivity contribution in [2.75, 3.05) is 6.54 Å². The maximum absolute atomic E-state index is 12.3. The highest BCUT2D eigenvalue weighted by atomic mass is 35.5. The molecule has 0 spiro atoms. The van der Waals surface area contributed by atoms with E-state index < -0.39 is 16.7 Å². The molecule has 0 fully saturated rings. The Balaban J connectivity index is 1.58. The number of para-hydroxylation sites is 1. The molecule has 0 aliphatic rings. The van der Waals surface area contributed by atoms with Crippen LogP contribution >= 0.6 is 22.9 Å². The molecular weight excluding hydrogens is 404 g/mol. The summed E-state index contributed by atoms with van der Waals surface area (Å²) in [5.41, 5.74) is 2.32. The van der Waals surface area contributed by atoms with Crippen molar-refractivity contribution in [3.63, 3.8) is 0 Å². The monoisotopic (exact) mass is 416 g/mol. The Kier molecular flexibility index (Phi) is 5.97. The summed E-state index contributed by atoms with van der Waals surface area (Å²) >= 11 is 7.46. The van der Waals surface area contributed by atoms with Crippen LogP contribution in [0.1, 0.15) is 15.2 Å². The van der Waals surface area contributed by atoms with Gasteiger partial charge in [0.2, 0.25) is 0 Å². The molecule has 0 aliphatic heterocycles. The van der Waals surface area contributed by atoms with Crippen molar-refractivity contribution in [3.05, 3.63) is 74.1 Å². The second kappa shape index (κ2) is 8.59. The standard InChI is InChI=1S/C18H13ClN4O4S/c19-16-12-6-2-4-8-14(12)28-17(16)18(25)20-10-15(24)22-21-9-11-5-1-3-7-13(11)23(26)27/h1-9H,10H2,(H,20,25)(H,22,24). The van der Waals surface area contributed by atoms with Crippen LogP contribution in [0.3, 0.4) is 0 Å². The zero-order valence-electron chi connectivity index (χ0n) is 14.2. The molecule has 2 aromatic carbocycles. The highest BCUT2D eigenvalue weighted by Gasteiger charge is 2.17. The van der Waals surface area contributed by atoms with Crippen LogP contribution in [-0.4, -0.2) is 29.5 Å². The number of hydrogen-bond donors (Lipinski definition) is 2. The number of carbonyl (C=O) groups is 2. The summed E-state index contributed by atoms with van der Waals surface area (Å²) in [6, 6.07) is 13.3. The maximum atomic E-state index is 12.3. The Labute approximate surface area is 168 Å². The van der Waals surface area contributed by atoms with E-state index in [1.165, 1.54) is 35.8 Å². The second-order valence-corrected chi connectivity index (χ2v) is 6.96. The van der Waals surface area contributed by atoms with E-state index in [4.69, 9.17) is 11.6 Å². The molecular formula is C18H13ClN4O4S. The molecule has 0 aliphatic carbocycles. The lowest BCUT2D eigenvalue weighted by Gasteiger charge is -2.03. The van der Waals surface area contributed by atoms with Crippen molar-refractivity contribution in [2.45, 2.75) is 0 Å². The highest BCUT2D eigenvalue weighted by molar-refractivity contribution is 7.21. The number of nitrogens with zero attached hydrogens (tertiary/aromatic N) is 2. The third kappa shape index (κ3) is 4.33. The molecule has 0 unspecified atom stereocenters. The van der Waals surface area contributed by atoms with Crippen molar-refractivity contribution in [3.8, 4) is 0 Å². The Hall–Kier alpha value is -3.30. The first-order valence-corrected chi connectivity index (χ1v) is 9.17. The third-order valence-electron chi connectivity index (χ3n) is 3.68. The van der Waals surface area contributed by atoms with Gasteiger partial charge in [-0.3, -0.25) is 19.7 Å². The molecule has 8 nitrogen and oxygen atoms in total. The van der Waals surface area contributed by atoms with Crippen molar-refractivity contribution >= 4 is 56.7 Å². The molecule has 2 amide bonds. The number of rotatable bonds is 6. The fraction of sp³-hybridized carbons (Fsp3) is 0.0556. The minimum atomic E-state index is -0.583. The first-order chi connectivity index (χ1) is 13.5. The van der Waals surface area contributed by atoms with Crippen LogP contribution < -0.4 is 10.7 Å². The quantitative estimate of drug-likeness (QED) is 0.364. The normalized spacial score (nSPS) is 10.9. The first-order valence-electron chi connectivity index (χ1n) is 7.98. The van der Waals surface area contributed by atoms with Gasteiger partial charge in [-0.25, -0.2) is 5.43 Å². The molecule has 28 heavy (non-hydrogen) atoms. The summed E-state index contributed by atoms with van der Waals surface area (Å²) in [5.74, 6) is -1.05. The number of hydrogen-bond acceptors (Lipinski definition) is 6. The van der Waals surface area contributed by atoms with E-state index in [1.807, 2.05) is 24.3 Å². The fourth-order valence-corrected chi connectivity index (χ4v) is 3.81. The average Bonchev–Trinajstić information content (AvgIpc) is 3.03. The highest BCUT2D eigenvalue weighted by Crippen LogP contribution is 2.34. The van der Waals surface area contributed by atoms with Gasteiger partial charge in [0, 0.05) is 16.2 Å². The number of nitrogens with one attached hydrogen (secondary N) is 2. The topological polar surface area (TPSA) is 114 Å². The number of fused-ring (bicyclic) bond motifs is 1. The maximum Gasteiger partial charge on any atom is 0.278 e. The molecule has 2 N–H and O–H groups in total. The van der Waals surface area contributed by atoms with Gasteiger partial charge in [-0.15, -0.1) is 11.3 Å². The lowest BCUT2D eigenvalue weighted by atomic mass is 10.2. The predicted octanol–water partition coefficient (Wildman–Crippen LogP) is 3.34. The largest absolute Gasteiger partial charge is 0.342 e. The van der Waals surface area contributed by atoms with Gasteiger partial charge in [-0.2, -0.15) is 5.10 Å². The molecule has 0 saturated heterocycles. The van der Waals surface area contributed by atoms with Crippen molar-refractivity contribution in [1.29, 1.82) is 0 Å². The van der Waals surface area contributed by atoms with E-state index in [9.17, 15) is 19.7 Å². The van der Waals surface area contributed by atoms with E-state index >= 15 is 0 Å². The van der Waals surface area contributed by atoms with E-state index in [0.29, 0.717) is 9.90 Å². The Morgan fingerprint density at radius 3 is 2.64 bits per heavy atom. The molecule has 3 aromatic rings. The van der Waals surface area contributed by atoms with Crippen molar-refractivity contribution < 1.29 is 14.5 Å². The summed E-state index contributed by atoms with van der Waals surface area (Å²) in [4.78, 5) is 34.8. The number of amides is 2. The van der Waals surface area contributed by atoms with Crippen LogP contribution in [0.4, 0.5) is 5.69 Å². The molecule has 0 bridgehead atoms. The molecule has 1 heterocycles. The molecule has 0 atom stereocenters. The van der Waals surface area contributed by atoms with E-state index in [0.717, 1.165) is 10.1 Å². The molecule has 10 heteroatoms. The Morgan fingerprint density at radius 1 is 1.18 bits per heavy atom. The Morgan fingerprint density at radius 2 is 1.89 bits per heavy atom. The number of nitro benzene ring substituents is 1. The number of nitro groups is 1. The summed E-state index contributed by atoms with van der Waals surface area (Å²) < 4.78 is 0.871. The van der Waals surface area contributed by atoms with Gasteiger partial charge in [-0.1, -0.05) is 41.9 Å². The SMILES string of the molecule is O=C(CNC(=O)c1sc2ccccc2c1Cl)NN=Cc1ccccc1[N+](=O)[O-]. The molecule has 1 aromatic heterocycles. The summed E-state index contributed by atoms with van der Waals surface area (Å²) in [6.07, 6.45) is 1.17. The molecule has 0 radical (unpaired) electrons. The van der Waals surface area contributed by atoms with Crippen LogP contribution in [0.5, 0.6) is 0 Å². The zero-order valence-corrected chi connectivity index (χ0v) is 15.8. The molecule has 142 valence electrons. The first kappa shape index (κ1) is 19.5. The van der Waals surface area contributed by atoms with E-state index in [-0.39, 0.29) is 17.8 Å². The number of hydrazone groups is 1. The minimum Gasteiger partial charge on any atom is -0.342 e.